The molecule has 1 heterocycles. The van der Waals surface area contributed by atoms with Gasteiger partial charge in [-0.15, -0.1) is 0 Å². The van der Waals surface area contributed by atoms with Crippen molar-refractivity contribution in [2.24, 2.45) is 5.73 Å². The van der Waals surface area contributed by atoms with Gasteiger partial charge in [0.15, 0.2) is 0 Å². The van der Waals surface area contributed by atoms with Crippen LogP contribution >= 0.6 is 0 Å². The van der Waals surface area contributed by atoms with Crippen molar-refractivity contribution < 1.29 is 14.6 Å². The lowest BCUT2D eigenvalue weighted by Crippen LogP contribution is -2.38. The smallest absolute Gasteiger partial charge is 0.304 e. The number of hydrogen-bond donors (Lipinski definition) is 2. The summed E-state index contributed by atoms with van der Waals surface area (Å²) in [5, 5.41) is 8.88. The molecule has 0 bridgehead atoms. The molecule has 4 nitrogen and oxygen atoms in total. The van der Waals surface area contributed by atoms with Gasteiger partial charge in [0.25, 0.3) is 0 Å². The van der Waals surface area contributed by atoms with E-state index < -0.39 is 11.4 Å². The first-order chi connectivity index (χ1) is 7.18. The number of fused-ring (bicyclic) bond motifs is 1. The summed E-state index contributed by atoms with van der Waals surface area (Å²) in [5.74, 6) is -0.0926. The molecule has 0 spiro atoms. The van der Waals surface area contributed by atoms with Gasteiger partial charge >= 0.3 is 5.97 Å². The fraction of sp³-hybridized carbons (Fsp3) is 0.364. The summed E-state index contributed by atoms with van der Waals surface area (Å²) in [4.78, 5) is 10.8. The van der Waals surface area contributed by atoms with Gasteiger partial charge in [-0.1, -0.05) is 18.2 Å². The molecule has 1 aliphatic heterocycles. The van der Waals surface area contributed by atoms with E-state index in [2.05, 4.69) is 0 Å². The average molecular weight is 207 g/mol. The second kappa shape index (κ2) is 3.55. The Hall–Kier alpha value is -1.55. The minimum Gasteiger partial charge on any atom is -0.492 e. The molecule has 15 heavy (non-hydrogen) atoms. The Morgan fingerprint density at radius 3 is 2.93 bits per heavy atom. The van der Waals surface area contributed by atoms with Gasteiger partial charge in [-0.3, -0.25) is 4.79 Å². The Morgan fingerprint density at radius 1 is 1.53 bits per heavy atom. The van der Waals surface area contributed by atoms with Crippen molar-refractivity contribution in [3.8, 4) is 5.75 Å². The number of ether oxygens (including phenoxy) is 1. The van der Waals surface area contributed by atoms with Crippen LogP contribution in [-0.4, -0.2) is 24.2 Å². The third kappa shape index (κ3) is 1.57. The fourth-order valence-electron chi connectivity index (χ4n) is 2.00. The van der Waals surface area contributed by atoms with Crippen LogP contribution in [0.25, 0.3) is 0 Å². The molecule has 0 amide bonds. The summed E-state index contributed by atoms with van der Waals surface area (Å²) in [7, 11) is 0. The number of aliphatic carboxylic acids is 1. The second-order valence-electron chi connectivity index (χ2n) is 3.84. The molecule has 1 aromatic rings. The molecule has 1 aromatic carbocycles. The summed E-state index contributed by atoms with van der Waals surface area (Å²) in [5.41, 5.74) is 6.05. The maximum atomic E-state index is 10.8. The Morgan fingerprint density at radius 2 is 2.27 bits per heavy atom. The zero-order valence-corrected chi connectivity index (χ0v) is 8.27. The van der Waals surface area contributed by atoms with E-state index in [-0.39, 0.29) is 13.0 Å². The van der Waals surface area contributed by atoms with Crippen molar-refractivity contribution in [1.82, 2.24) is 0 Å². The lowest BCUT2D eigenvalue weighted by Gasteiger charge is -2.23. The van der Waals surface area contributed by atoms with Crippen LogP contribution in [-0.2, 0) is 10.2 Å². The number of para-hydroxylation sites is 1. The minimum atomic E-state index is -0.847. The first-order valence-electron chi connectivity index (χ1n) is 4.82. The van der Waals surface area contributed by atoms with Gasteiger partial charge in [0, 0.05) is 12.1 Å². The normalized spacial score (nSPS) is 23.3. The van der Waals surface area contributed by atoms with E-state index in [1.165, 1.54) is 0 Å². The standard InChI is InChI=1S/C11H13NO3/c12-6-11(5-10(13)14)7-15-9-4-2-1-3-8(9)11/h1-4H,5-7,12H2,(H,13,14). The quantitative estimate of drug-likeness (QED) is 0.767. The van der Waals surface area contributed by atoms with Gasteiger partial charge in [0.2, 0.25) is 0 Å². The third-order valence-electron chi connectivity index (χ3n) is 2.84. The highest BCUT2D eigenvalue weighted by Gasteiger charge is 2.41. The molecular formula is C11H13NO3. The molecule has 3 N–H and O–H groups in total. The Labute approximate surface area is 87.7 Å². The minimum absolute atomic E-state index is 0.0144. The van der Waals surface area contributed by atoms with Crippen molar-refractivity contribution in [2.45, 2.75) is 11.8 Å². The van der Waals surface area contributed by atoms with Gasteiger partial charge in [-0.2, -0.15) is 0 Å². The topological polar surface area (TPSA) is 72.6 Å². The van der Waals surface area contributed by atoms with E-state index in [0.717, 1.165) is 11.3 Å². The largest absolute Gasteiger partial charge is 0.492 e. The van der Waals surface area contributed by atoms with Crippen LogP contribution in [0.3, 0.4) is 0 Å². The number of nitrogens with two attached hydrogens (primary N) is 1. The average Bonchev–Trinajstić information content (AvgIpc) is 2.58. The highest BCUT2D eigenvalue weighted by atomic mass is 16.5. The Kier molecular flexibility index (Phi) is 2.36. The molecule has 0 aromatic heterocycles. The number of rotatable bonds is 3. The summed E-state index contributed by atoms with van der Waals surface area (Å²) >= 11 is 0. The molecule has 0 fully saturated rings. The van der Waals surface area contributed by atoms with Crippen LogP contribution in [0.15, 0.2) is 24.3 Å². The maximum Gasteiger partial charge on any atom is 0.304 e. The zero-order valence-electron chi connectivity index (χ0n) is 8.27. The number of benzene rings is 1. The van der Waals surface area contributed by atoms with E-state index in [1.54, 1.807) is 0 Å². The highest BCUT2D eigenvalue weighted by Crippen LogP contribution is 2.40. The zero-order chi connectivity index (χ0) is 10.9. The fourth-order valence-corrected chi connectivity index (χ4v) is 2.00. The molecule has 0 radical (unpaired) electrons. The lowest BCUT2D eigenvalue weighted by atomic mass is 9.79. The number of hydrogen-bond acceptors (Lipinski definition) is 3. The first-order valence-corrected chi connectivity index (χ1v) is 4.82. The number of carbonyl (C=O) groups is 1. The van der Waals surface area contributed by atoms with Crippen LogP contribution in [0.5, 0.6) is 5.75 Å². The predicted octanol–water partition coefficient (Wildman–Crippen LogP) is 0.750. The molecule has 1 aliphatic rings. The van der Waals surface area contributed by atoms with Crippen molar-refractivity contribution in [2.75, 3.05) is 13.2 Å². The van der Waals surface area contributed by atoms with Gasteiger partial charge < -0.3 is 15.6 Å². The predicted molar refractivity (Wildman–Crippen MR) is 54.9 cm³/mol. The molecule has 0 saturated carbocycles. The van der Waals surface area contributed by atoms with Crippen molar-refractivity contribution in [3.63, 3.8) is 0 Å². The van der Waals surface area contributed by atoms with Crippen molar-refractivity contribution in [1.29, 1.82) is 0 Å². The number of carboxylic acid groups (broad SMARTS) is 1. The number of carboxylic acids is 1. The molecule has 4 heteroatoms. The van der Waals surface area contributed by atoms with Crippen molar-refractivity contribution >= 4 is 5.97 Å². The summed E-state index contributed by atoms with van der Waals surface area (Å²) in [6.07, 6.45) is 0.0144. The summed E-state index contributed by atoms with van der Waals surface area (Å²) < 4.78 is 5.46. The Balaban J connectivity index is 2.41. The Bertz CT molecular complexity index is 391. The van der Waals surface area contributed by atoms with E-state index in [9.17, 15) is 4.79 Å². The summed E-state index contributed by atoms with van der Waals surface area (Å²) in [6.45, 7) is 0.644. The van der Waals surface area contributed by atoms with E-state index in [0.29, 0.717) is 6.61 Å². The van der Waals surface area contributed by atoms with Crippen LogP contribution in [0.2, 0.25) is 0 Å². The molecule has 2 rings (SSSR count). The van der Waals surface area contributed by atoms with Crippen LogP contribution < -0.4 is 10.5 Å². The molecule has 80 valence electrons. The lowest BCUT2D eigenvalue weighted by molar-refractivity contribution is -0.138. The van der Waals surface area contributed by atoms with Gasteiger partial charge in [-0.25, -0.2) is 0 Å². The molecular weight excluding hydrogens is 194 g/mol. The highest BCUT2D eigenvalue weighted by molar-refractivity contribution is 5.70. The third-order valence-corrected chi connectivity index (χ3v) is 2.84. The van der Waals surface area contributed by atoms with E-state index in [1.807, 2.05) is 24.3 Å². The van der Waals surface area contributed by atoms with Gasteiger partial charge in [0.1, 0.15) is 5.75 Å². The molecule has 1 unspecified atom stereocenters. The van der Waals surface area contributed by atoms with Crippen LogP contribution in [0.1, 0.15) is 12.0 Å². The van der Waals surface area contributed by atoms with Gasteiger partial charge in [-0.05, 0) is 6.07 Å². The first kappa shape index (κ1) is 9.98. The molecule has 0 saturated heterocycles. The second-order valence-corrected chi connectivity index (χ2v) is 3.84. The molecule has 1 atom stereocenters. The van der Waals surface area contributed by atoms with Crippen LogP contribution in [0.4, 0.5) is 0 Å². The van der Waals surface area contributed by atoms with Gasteiger partial charge in [0.05, 0.1) is 18.4 Å². The maximum absolute atomic E-state index is 10.8. The monoisotopic (exact) mass is 207 g/mol. The molecule has 0 aliphatic carbocycles. The van der Waals surface area contributed by atoms with Crippen LogP contribution in [0, 0.1) is 0 Å². The van der Waals surface area contributed by atoms with E-state index in [4.69, 9.17) is 15.6 Å². The van der Waals surface area contributed by atoms with E-state index >= 15 is 0 Å². The SMILES string of the molecule is NCC1(CC(=O)O)COc2ccccc21. The summed E-state index contributed by atoms with van der Waals surface area (Å²) in [6, 6.07) is 7.47. The van der Waals surface area contributed by atoms with Crippen molar-refractivity contribution in [3.05, 3.63) is 29.8 Å².